The maximum atomic E-state index is 13.1. The molecule has 0 radical (unpaired) electrons. The molecule has 0 saturated carbocycles. The standard InChI is InChI=1S/C8H4BrFOS/c9-7-3-4-5(10)1-2-6(11)8(4)12-7/h1-3,11H. The normalized spacial score (nSPS) is 10.8. The molecule has 1 aromatic heterocycles. The van der Waals surface area contributed by atoms with E-state index < -0.39 is 0 Å². The fourth-order valence-corrected chi connectivity index (χ4v) is 2.57. The molecule has 0 spiro atoms. The van der Waals surface area contributed by atoms with Crippen molar-refractivity contribution in [3.63, 3.8) is 0 Å². The van der Waals surface area contributed by atoms with Crippen LogP contribution in [0.2, 0.25) is 0 Å². The number of rotatable bonds is 0. The Labute approximate surface area is 80.6 Å². The minimum absolute atomic E-state index is 0.127. The molecule has 2 rings (SSSR count). The Bertz CT molecular complexity index is 399. The lowest BCUT2D eigenvalue weighted by molar-refractivity contribution is 0.481. The fourth-order valence-electron chi connectivity index (χ4n) is 1.05. The van der Waals surface area contributed by atoms with Crippen LogP contribution in [0.5, 0.6) is 5.75 Å². The zero-order chi connectivity index (χ0) is 8.72. The maximum Gasteiger partial charge on any atom is 0.133 e. The summed E-state index contributed by atoms with van der Waals surface area (Å²) in [4.78, 5) is 0. The van der Waals surface area contributed by atoms with Crippen LogP contribution in [-0.2, 0) is 0 Å². The molecule has 62 valence electrons. The van der Waals surface area contributed by atoms with Gasteiger partial charge in [-0.05, 0) is 34.1 Å². The largest absolute Gasteiger partial charge is 0.506 e. The van der Waals surface area contributed by atoms with Crippen molar-refractivity contribution >= 4 is 37.4 Å². The number of aromatic hydroxyl groups is 1. The van der Waals surface area contributed by atoms with Crippen molar-refractivity contribution in [2.45, 2.75) is 0 Å². The van der Waals surface area contributed by atoms with Crippen molar-refractivity contribution in [3.05, 3.63) is 27.8 Å². The van der Waals surface area contributed by atoms with Crippen LogP contribution in [0, 0.1) is 5.82 Å². The molecule has 0 aliphatic carbocycles. The number of halogens is 2. The summed E-state index contributed by atoms with van der Waals surface area (Å²) in [7, 11) is 0. The van der Waals surface area contributed by atoms with E-state index in [4.69, 9.17) is 0 Å². The summed E-state index contributed by atoms with van der Waals surface area (Å²) < 4.78 is 14.5. The highest BCUT2D eigenvalue weighted by Gasteiger charge is 2.08. The van der Waals surface area contributed by atoms with Gasteiger partial charge in [0.25, 0.3) is 0 Å². The van der Waals surface area contributed by atoms with Crippen molar-refractivity contribution in [2.75, 3.05) is 0 Å². The van der Waals surface area contributed by atoms with Crippen LogP contribution in [0.4, 0.5) is 4.39 Å². The van der Waals surface area contributed by atoms with Gasteiger partial charge >= 0.3 is 0 Å². The molecule has 0 atom stereocenters. The summed E-state index contributed by atoms with van der Waals surface area (Å²) in [6, 6.07) is 4.28. The average Bonchev–Trinajstić information content (AvgIpc) is 2.41. The van der Waals surface area contributed by atoms with Gasteiger partial charge in [-0.15, -0.1) is 11.3 Å². The zero-order valence-electron chi connectivity index (χ0n) is 5.84. The Kier molecular flexibility index (Phi) is 1.81. The van der Waals surface area contributed by atoms with Gasteiger partial charge in [0, 0.05) is 5.39 Å². The summed E-state index contributed by atoms with van der Waals surface area (Å²) in [6.45, 7) is 0. The quantitative estimate of drug-likeness (QED) is 0.755. The molecule has 0 amide bonds. The first-order chi connectivity index (χ1) is 5.68. The van der Waals surface area contributed by atoms with E-state index in [-0.39, 0.29) is 11.6 Å². The lowest BCUT2D eigenvalue weighted by atomic mass is 10.2. The second-order valence-electron chi connectivity index (χ2n) is 2.36. The van der Waals surface area contributed by atoms with E-state index in [1.165, 1.54) is 23.5 Å². The van der Waals surface area contributed by atoms with Crippen molar-refractivity contribution in [1.29, 1.82) is 0 Å². The summed E-state index contributed by atoms with van der Waals surface area (Å²) in [6.07, 6.45) is 0. The Balaban J connectivity index is 2.93. The number of benzene rings is 1. The molecule has 0 saturated heterocycles. The van der Waals surface area contributed by atoms with Gasteiger partial charge in [0.2, 0.25) is 0 Å². The van der Waals surface area contributed by atoms with E-state index in [0.29, 0.717) is 10.1 Å². The summed E-state index contributed by atoms with van der Waals surface area (Å²) in [5.74, 6) is -0.174. The van der Waals surface area contributed by atoms with E-state index in [9.17, 15) is 9.50 Å². The number of hydrogen-bond donors (Lipinski definition) is 1. The second-order valence-corrected chi connectivity index (χ2v) is 4.79. The SMILES string of the molecule is Oc1ccc(F)c2cc(Br)sc12. The van der Waals surface area contributed by atoms with Gasteiger partial charge in [-0.1, -0.05) is 0 Å². The van der Waals surface area contributed by atoms with Gasteiger partial charge in [0.05, 0.1) is 8.49 Å². The molecule has 1 nitrogen and oxygen atoms in total. The smallest absolute Gasteiger partial charge is 0.133 e. The molecule has 1 N–H and O–H groups in total. The lowest BCUT2D eigenvalue weighted by Crippen LogP contribution is -1.72. The number of fused-ring (bicyclic) bond motifs is 1. The van der Waals surface area contributed by atoms with Crippen LogP contribution in [0.3, 0.4) is 0 Å². The molecular formula is C8H4BrFOS. The lowest BCUT2D eigenvalue weighted by Gasteiger charge is -1.93. The highest BCUT2D eigenvalue weighted by Crippen LogP contribution is 2.36. The third-order valence-electron chi connectivity index (χ3n) is 1.58. The fraction of sp³-hybridized carbons (Fsp3) is 0. The van der Waals surface area contributed by atoms with E-state index in [1.54, 1.807) is 6.07 Å². The highest BCUT2D eigenvalue weighted by atomic mass is 79.9. The monoisotopic (exact) mass is 246 g/mol. The predicted molar refractivity (Wildman–Crippen MR) is 51.1 cm³/mol. The number of phenols is 1. The molecule has 2 aromatic rings. The van der Waals surface area contributed by atoms with Gasteiger partial charge in [0.1, 0.15) is 11.6 Å². The Morgan fingerprint density at radius 3 is 2.83 bits per heavy atom. The summed E-state index contributed by atoms with van der Waals surface area (Å²) in [5, 5.41) is 9.80. The van der Waals surface area contributed by atoms with Crippen LogP contribution in [0.1, 0.15) is 0 Å². The first kappa shape index (κ1) is 8.01. The third kappa shape index (κ3) is 1.11. The van der Waals surface area contributed by atoms with Gasteiger partial charge in [-0.2, -0.15) is 0 Å². The van der Waals surface area contributed by atoms with E-state index in [2.05, 4.69) is 15.9 Å². The Morgan fingerprint density at radius 1 is 1.42 bits per heavy atom. The van der Waals surface area contributed by atoms with Gasteiger partial charge in [-0.3, -0.25) is 0 Å². The van der Waals surface area contributed by atoms with E-state index in [0.717, 1.165) is 3.79 Å². The van der Waals surface area contributed by atoms with Crippen molar-refractivity contribution < 1.29 is 9.50 Å². The molecule has 0 aliphatic rings. The Hall–Kier alpha value is -0.610. The van der Waals surface area contributed by atoms with Crippen LogP contribution in [0.15, 0.2) is 22.0 Å². The zero-order valence-corrected chi connectivity index (χ0v) is 8.25. The van der Waals surface area contributed by atoms with Crippen molar-refractivity contribution in [3.8, 4) is 5.75 Å². The van der Waals surface area contributed by atoms with E-state index in [1.807, 2.05) is 0 Å². The average molecular weight is 247 g/mol. The van der Waals surface area contributed by atoms with Crippen LogP contribution in [0.25, 0.3) is 10.1 Å². The first-order valence-corrected chi connectivity index (χ1v) is 4.86. The van der Waals surface area contributed by atoms with Crippen molar-refractivity contribution in [2.24, 2.45) is 0 Å². The molecule has 0 fully saturated rings. The third-order valence-corrected chi connectivity index (χ3v) is 3.24. The molecule has 12 heavy (non-hydrogen) atoms. The minimum atomic E-state index is -0.301. The summed E-state index contributed by atoms with van der Waals surface area (Å²) in [5.41, 5.74) is 0. The highest BCUT2D eigenvalue weighted by molar-refractivity contribution is 9.11. The minimum Gasteiger partial charge on any atom is -0.506 e. The van der Waals surface area contributed by atoms with Crippen molar-refractivity contribution in [1.82, 2.24) is 0 Å². The van der Waals surface area contributed by atoms with Crippen LogP contribution < -0.4 is 0 Å². The Morgan fingerprint density at radius 2 is 2.17 bits per heavy atom. The molecule has 0 aliphatic heterocycles. The van der Waals surface area contributed by atoms with Crippen LogP contribution in [-0.4, -0.2) is 5.11 Å². The molecule has 0 unspecified atom stereocenters. The molecule has 4 heteroatoms. The first-order valence-electron chi connectivity index (χ1n) is 3.25. The topological polar surface area (TPSA) is 20.2 Å². The number of phenolic OH excluding ortho intramolecular Hbond substituents is 1. The number of thiophene rings is 1. The molecule has 0 bridgehead atoms. The molecule has 1 aromatic carbocycles. The number of hydrogen-bond acceptors (Lipinski definition) is 2. The maximum absolute atomic E-state index is 13.1. The van der Waals surface area contributed by atoms with E-state index >= 15 is 0 Å². The van der Waals surface area contributed by atoms with Gasteiger partial charge in [0.15, 0.2) is 0 Å². The molecule has 1 heterocycles. The second kappa shape index (κ2) is 2.71. The van der Waals surface area contributed by atoms with Gasteiger partial charge < -0.3 is 5.11 Å². The summed E-state index contributed by atoms with van der Waals surface area (Å²) >= 11 is 4.55. The van der Waals surface area contributed by atoms with Gasteiger partial charge in [-0.25, -0.2) is 4.39 Å². The predicted octanol–water partition coefficient (Wildman–Crippen LogP) is 3.51. The van der Waals surface area contributed by atoms with Crippen LogP contribution >= 0.6 is 27.3 Å². The molecular weight excluding hydrogens is 243 g/mol.